The molecule has 2 aromatic rings. The zero-order chi connectivity index (χ0) is 12.3. The van der Waals surface area contributed by atoms with E-state index in [4.69, 9.17) is 4.52 Å². The van der Waals surface area contributed by atoms with Crippen LogP contribution in [0.3, 0.4) is 0 Å². The Labute approximate surface area is 99.6 Å². The van der Waals surface area contributed by atoms with Crippen LogP contribution in [0, 0.1) is 5.82 Å². The molecule has 4 heteroatoms. The molecule has 17 heavy (non-hydrogen) atoms. The molecule has 0 unspecified atom stereocenters. The van der Waals surface area contributed by atoms with Gasteiger partial charge >= 0.3 is 0 Å². The molecule has 2 rings (SSSR count). The lowest BCUT2D eigenvalue weighted by atomic mass is 10.1. The van der Waals surface area contributed by atoms with Gasteiger partial charge in [0.15, 0.2) is 5.82 Å². The summed E-state index contributed by atoms with van der Waals surface area (Å²) >= 11 is 0. The van der Waals surface area contributed by atoms with E-state index in [0.29, 0.717) is 18.3 Å². The summed E-state index contributed by atoms with van der Waals surface area (Å²) in [5, 5.41) is 7.04. The van der Waals surface area contributed by atoms with Gasteiger partial charge in [-0.2, -0.15) is 0 Å². The van der Waals surface area contributed by atoms with Crippen molar-refractivity contribution >= 4 is 5.82 Å². The highest BCUT2D eigenvalue weighted by Crippen LogP contribution is 2.18. The Morgan fingerprint density at radius 1 is 1.29 bits per heavy atom. The zero-order valence-electron chi connectivity index (χ0n) is 9.90. The van der Waals surface area contributed by atoms with Crippen molar-refractivity contribution in [1.82, 2.24) is 5.16 Å². The molecule has 0 radical (unpaired) electrons. The number of nitrogens with one attached hydrogen (secondary N) is 1. The molecule has 0 amide bonds. The Bertz CT molecular complexity index is 476. The highest BCUT2D eigenvalue weighted by Gasteiger charge is 2.07. The van der Waals surface area contributed by atoms with Gasteiger partial charge in [-0.3, -0.25) is 0 Å². The van der Waals surface area contributed by atoms with Gasteiger partial charge in [0.2, 0.25) is 0 Å². The SMILES string of the molecule is CC(C)c1cc(NCc2ccc(F)cc2)no1. The van der Waals surface area contributed by atoms with E-state index in [0.717, 1.165) is 11.3 Å². The topological polar surface area (TPSA) is 38.1 Å². The van der Waals surface area contributed by atoms with E-state index in [1.54, 1.807) is 12.1 Å². The predicted octanol–water partition coefficient (Wildman–Crippen LogP) is 3.55. The molecule has 0 saturated carbocycles. The van der Waals surface area contributed by atoms with Gasteiger partial charge in [0, 0.05) is 18.5 Å². The van der Waals surface area contributed by atoms with Crippen molar-refractivity contribution in [2.24, 2.45) is 0 Å². The maximum atomic E-state index is 12.7. The zero-order valence-corrected chi connectivity index (χ0v) is 9.90. The second kappa shape index (κ2) is 4.99. The van der Waals surface area contributed by atoms with Crippen LogP contribution in [0.2, 0.25) is 0 Å². The fourth-order valence-electron chi connectivity index (χ4n) is 1.44. The molecular weight excluding hydrogens is 219 g/mol. The molecule has 0 fully saturated rings. The summed E-state index contributed by atoms with van der Waals surface area (Å²) in [5.74, 6) is 1.66. The Kier molecular flexibility index (Phi) is 3.42. The molecular formula is C13H15FN2O. The summed E-state index contributed by atoms with van der Waals surface area (Å²) in [6.07, 6.45) is 0. The Morgan fingerprint density at radius 2 is 2.00 bits per heavy atom. The number of nitrogens with zero attached hydrogens (tertiary/aromatic N) is 1. The van der Waals surface area contributed by atoms with E-state index in [9.17, 15) is 4.39 Å². The highest BCUT2D eigenvalue weighted by atomic mass is 19.1. The van der Waals surface area contributed by atoms with Gasteiger partial charge in [0.05, 0.1) is 0 Å². The lowest BCUT2D eigenvalue weighted by Gasteiger charge is -2.01. The number of halogens is 1. The van der Waals surface area contributed by atoms with Crippen LogP contribution in [0.15, 0.2) is 34.9 Å². The summed E-state index contributed by atoms with van der Waals surface area (Å²) in [5.41, 5.74) is 1.00. The normalized spacial score (nSPS) is 10.8. The third-order valence-electron chi connectivity index (χ3n) is 2.48. The van der Waals surface area contributed by atoms with Gasteiger partial charge in [-0.25, -0.2) is 4.39 Å². The second-order valence-electron chi connectivity index (χ2n) is 4.25. The molecule has 1 aromatic carbocycles. The molecule has 0 bridgehead atoms. The summed E-state index contributed by atoms with van der Waals surface area (Å²) in [6.45, 7) is 4.69. The van der Waals surface area contributed by atoms with Crippen molar-refractivity contribution in [2.45, 2.75) is 26.3 Å². The number of hydrogen-bond donors (Lipinski definition) is 1. The molecule has 1 N–H and O–H groups in total. The Hall–Kier alpha value is -1.84. The lowest BCUT2D eigenvalue weighted by molar-refractivity contribution is 0.373. The number of hydrogen-bond acceptors (Lipinski definition) is 3. The highest BCUT2D eigenvalue weighted by molar-refractivity contribution is 5.35. The average molecular weight is 234 g/mol. The van der Waals surface area contributed by atoms with E-state index in [1.807, 2.05) is 19.9 Å². The van der Waals surface area contributed by atoms with E-state index in [2.05, 4.69) is 10.5 Å². The molecule has 1 heterocycles. The smallest absolute Gasteiger partial charge is 0.169 e. The van der Waals surface area contributed by atoms with Crippen LogP contribution in [0.4, 0.5) is 10.2 Å². The minimum Gasteiger partial charge on any atom is -0.363 e. The number of aromatic nitrogens is 1. The number of rotatable bonds is 4. The van der Waals surface area contributed by atoms with E-state index in [-0.39, 0.29) is 5.82 Å². The molecule has 0 aliphatic heterocycles. The summed E-state index contributed by atoms with van der Waals surface area (Å²) in [7, 11) is 0. The van der Waals surface area contributed by atoms with Crippen LogP contribution in [0.1, 0.15) is 31.1 Å². The van der Waals surface area contributed by atoms with Crippen LogP contribution in [-0.2, 0) is 6.54 Å². The summed E-state index contributed by atoms with van der Waals surface area (Å²) in [4.78, 5) is 0. The molecule has 0 atom stereocenters. The van der Waals surface area contributed by atoms with Gasteiger partial charge < -0.3 is 9.84 Å². The first kappa shape index (κ1) is 11.6. The second-order valence-corrected chi connectivity index (χ2v) is 4.25. The van der Waals surface area contributed by atoms with Gasteiger partial charge in [0.25, 0.3) is 0 Å². The van der Waals surface area contributed by atoms with Crippen LogP contribution in [-0.4, -0.2) is 5.16 Å². The molecule has 0 spiro atoms. The maximum Gasteiger partial charge on any atom is 0.169 e. The number of anilines is 1. The van der Waals surface area contributed by atoms with Crippen molar-refractivity contribution < 1.29 is 8.91 Å². The number of benzene rings is 1. The van der Waals surface area contributed by atoms with Gasteiger partial charge in [-0.15, -0.1) is 0 Å². The summed E-state index contributed by atoms with van der Waals surface area (Å²) in [6, 6.07) is 8.25. The van der Waals surface area contributed by atoms with Crippen molar-refractivity contribution in [2.75, 3.05) is 5.32 Å². The molecule has 90 valence electrons. The minimum atomic E-state index is -0.225. The standard InChI is InChI=1S/C13H15FN2O/c1-9(2)12-7-13(16-17-12)15-8-10-3-5-11(14)6-4-10/h3-7,9H,8H2,1-2H3,(H,15,16). The van der Waals surface area contributed by atoms with Crippen molar-refractivity contribution in [1.29, 1.82) is 0 Å². The van der Waals surface area contributed by atoms with Crippen LogP contribution in [0.5, 0.6) is 0 Å². The third kappa shape index (κ3) is 3.06. The first-order valence-electron chi connectivity index (χ1n) is 5.60. The van der Waals surface area contributed by atoms with Crippen molar-refractivity contribution in [3.05, 3.63) is 47.5 Å². The lowest BCUT2D eigenvalue weighted by Crippen LogP contribution is -1.99. The van der Waals surface area contributed by atoms with Crippen LogP contribution in [0.25, 0.3) is 0 Å². The van der Waals surface area contributed by atoms with Crippen LogP contribution < -0.4 is 5.32 Å². The molecule has 0 saturated heterocycles. The van der Waals surface area contributed by atoms with Gasteiger partial charge in [0.1, 0.15) is 11.6 Å². The fourth-order valence-corrected chi connectivity index (χ4v) is 1.44. The van der Waals surface area contributed by atoms with Gasteiger partial charge in [-0.1, -0.05) is 31.1 Å². The monoisotopic (exact) mass is 234 g/mol. The van der Waals surface area contributed by atoms with Crippen LogP contribution >= 0.6 is 0 Å². The first-order valence-corrected chi connectivity index (χ1v) is 5.60. The van der Waals surface area contributed by atoms with Crippen molar-refractivity contribution in [3.63, 3.8) is 0 Å². The molecule has 1 aromatic heterocycles. The molecule has 3 nitrogen and oxygen atoms in total. The van der Waals surface area contributed by atoms with E-state index >= 15 is 0 Å². The summed E-state index contributed by atoms with van der Waals surface area (Å²) < 4.78 is 17.9. The van der Waals surface area contributed by atoms with E-state index in [1.165, 1.54) is 12.1 Å². The Balaban J connectivity index is 1.95. The average Bonchev–Trinajstić information content (AvgIpc) is 2.77. The van der Waals surface area contributed by atoms with Crippen molar-refractivity contribution in [3.8, 4) is 0 Å². The quantitative estimate of drug-likeness (QED) is 0.879. The molecule has 0 aliphatic carbocycles. The van der Waals surface area contributed by atoms with Gasteiger partial charge in [-0.05, 0) is 17.7 Å². The third-order valence-corrected chi connectivity index (χ3v) is 2.48. The van der Waals surface area contributed by atoms with E-state index < -0.39 is 0 Å². The minimum absolute atomic E-state index is 0.225. The Morgan fingerprint density at radius 3 is 2.59 bits per heavy atom. The molecule has 0 aliphatic rings. The predicted molar refractivity (Wildman–Crippen MR) is 64.3 cm³/mol. The first-order chi connectivity index (χ1) is 8.15. The largest absolute Gasteiger partial charge is 0.363 e. The maximum absolute atomic E-state index is 12.7. The fraction of sp³-hybridized carbons (Fsp3) is 0.308.